The first kappa shape index (κ1) is 11.8. The van der Waals surface area contributed by atoms with E-state index in [2.05, 4.69) is 0 Å². The van der Waals surface area contributed by atoms with Crippen LogP contribution in [-0.2, 0) is 9.47 Å². The molecule has 0 radical (unpaired) electrons. The van der Waals surface area contributed by atoms with Crippen molar-refractivity contribution in [2.45, 2.75) is 44.5 Å². The quantitative estimate of drug-likeness (QED) is 0.715. The second-order valence-corrected chi connectivity index (χ2v) is 3.68. The Labute approximate surface area is 82.0 Å². The number of aliphatic hydroxyl groups is 1. The van der Waals surface area contributed by atoms with Crippen molar-refractivity contribution in [1.82, 2.24) is 0 Å². The molecule has 0 amide bonds. The van der Waals surface area contributed by atoms with Gasteiger partial charge in [-0.25, -0.2) is 8.78 Å². The SMILES string of the molecule is CC(F)(F)CC(O)OC1CCOCC1. The van der Waals surface area contributed by atoms with Gasteiger partial charge in [0.15, 0.2) is 6.29 Å². The summed E-state index contributed by atoms with van der Waals surface area (Å²) in [5.74, 6) is -2.88. The molecule has 3 nitrogen and oxygen atoms in total. The summed E-state index contributed by atoms with van der Waals surface area (Å²) in [6, 6.07) is 0. The molecule has 1 aliphatic heterocycles. The fraction of sp³-hybridized carbons (Fsp3) is 1.00. The van der Waals surface area contributed by atoms with Gasteiger partial charge in [0.2, 0.25) is 5.92 Å². The lowest BCUT2D eigenvalue weighted by atomic mass is 10.1. The molecule has 0 saturated carbocycles. The van der Waals surface area contributed by atoms with Crippen molar-refractivity contribution in [1.29, 1.82) is 0 Å². The zero-order valence-electron chi connectivity index (χ0n) is 8.21. The van der Waals surface area contributed by atoms with E-state index in [4.69, 9.17) is 9.47 Å². The molecule has 0 aromatic heterocycles. The molecule has 0 aromatic carbocycles. The molecule has 0 bridgehead atoms. The van der Waals surface area contributed by atoms with Crippen LogP contribution < -0.4 is 0 Å². The number of aliphatic hydroxyl groups excluding tert-OH is 1. The van der Waals surface area contributed by atoms with Crippen molar-refractivity contribution in [3.8, 4) is 0 Å². The first-order valence-corrected chi connectivity index (χ1v) is 4.76. The van der Waals surface area contributed by atoms with Crippen LogP contribution in [0.2, 0.25) is 0 Å². The van der Waals surface area contributed by atoms with Gasteiger partial charge in [0.05, 0.1) is 12.5 Å². The van der Waals surface area contributed by atoms with Gasteiger partial charge in [0, 0.05) is 13.2 Å². The van der Waals surface area contributed by atoms with Gasteiger partial charge in [0.1, 0.15) is 0 Å². The van der Waals surface area contributed by atoms with Gasteiger partial charge in [-0.05, 0) is 19.8 Å². The summed E-state index contributed by atoms with van der Waals surface area (Å²) in [6.07, 6.45) is -0.859. The molecule has 84 valence electrons. The summed E-state index contributed by atoms with van der Waals surface area (Å²) in [5.41, 5.74) is 0. The van der Waals surface area contributed by atoms with E-state index in [-0.39, 0.29) is 6.10 Å². The van der Waals surface area contributed by atoms with E-state index < -0.39 is 18.6 Å². The molecule has 1 rings (SSSR count). The first-order valence-electron chi connectivity index (χ1n) is 4.76. The molecule has 1 heterocycles. The lowest BCUT2D eigenvalue weighted by Crippen LogP contribution is -2.31. The average molecular weight is 210 g/mol. The Morgan fingerprint density at radius 3 is 2.57 bits per heavy atom. The molecule has 0 aliphatic carbocycles. The molecule has 5 heteroatoms. The minimum absolute atomic E-state index is 0.152. The maximum atomic E-state index is 12.5. The minimum atomic E-state index is -2.88. The van der Waals surface area contributed by atoms with Crippen LogP contribution in [0.15, 0.2) is 0 Å². The summed E-state index contributed by atoms with van der Waals surface area (Å²) in [6.45, 7) is 1.91. The van der Waals surface area contributed by atoms with Gasteiger partial charge in [-0.3, -0.25) is 0 Å². The molecule has 1 unspecified atom stereocenters. The predicted molar refractivity (Wildman–Crippen MR) is 46.2 cm³/mol. The van der Waals surface area contributed by atoms with E-state index in [1.165, 1.54) is 0 Å². The third-order valence-electron chi connectivity index (χ3n) is 2.05. The normalized spacial score (nSPS) is 22.3. The molecular formula is C9H16F2O3. The standard InChI is InChI=1S/C9H16F2O3/c1-9(10,11)6-8(12)14-7-2-4-13-5-3-7/h7-8,12H,2-6H2,1H3. The third kappa shape index (κ3) is 4.83. The average Bonchev–Trinajstić information content (AvgIpc) is 2.02. The van der Waals surface area contributed by atoms with Crippen LogP contribution in [0, 0.1) is 0 Å². The monoisotopic (exact) mass is 210 g/mol. The van der Waals surface area contributed by atoms with Crippen molar-refractivity contribution in [3.05, 3.63) is 0 Å². The van der Waals surface area contributed by atoms with Gasteiger partial charge in [-0.1, -0.05) is 0 Å². The molecule has 1 aliphatic rings. The highest BCUT2D eigenvalue weighted by molar-refractivity contribution is 4.66. The van der Waals surface area contributed by atoms with Crippen molar-refractivity contribution < 1.29 is 23.4 Å². The summed E-state index contributed by atoms with van der Waals surface area (Å²) in [4.78, 5) is 0. The summed E-state index contributed by atoms with van der Waals surface area (Å²) in [5, 5.41) is 9.19. The van der Waals surface area contributed by atoms with Crippen molar-refractivity contribution in [2.75, 3.05) is 13.2 Å². The zero-order valence-corrected chi connectivity index (χ0v) is 8.21. The lowest BCUT2D eigenvalue weighted by molar-refractivity contribution is -0.186. The Balaban J connectivity index is 2.21. The Morgan fingerprint density at radius 1 is 1.50 bits per heavy atom. The maximum absolute atomic E-state index is 12.5. The summed E-state index contributed by atoms with van der Waals surface area (Å²) in [7, 11) is 0. The Bertz CT molecular complexity index is 164. The number of hydrogen-bond acceptors (Lipinski definition) is 3. The molecular weight excluding hydrogens is 194 g/mol. The van der Waals surface area contributed by atoms with Crippen molar-refractivity contribution in [3.63, 3.8) is 0 Å². The first-order chi connectivity index (χ1) is 6.47. The van der Waals surface area contributed by atoms with E-state index in [0.717, 1.165) is 6.92 Å². The summed E-state index contributed by atoms with van der Waals surface area (Å²) >= 11 is 0. The van der Waals surface area contributed by atoms with Crippen LogP contribution in [0.1, 0.15) is 26.2 Å². The Morgan fingerprint density at radius 2 is 2.07 bits per heavy atom. The number of hydrogen-bond donors (Lipinski definition) is 1. The van der Waals surface area contributed by atoms with Gasteiger partial charge in [-0.15, -0.1) is 0 Å². The highest BCUT2D eigenvalue weighted by atomic mass is 19.3. The summed E-state index contributed by atoms with van der Waals surface area (Å²) < 4.78 is 35.1. The number of alkyl halides is 2. The molecule has 0 aromatic rings. The molecule has 1 N–H and O–H groups in total. The van der Waals surface area contributed by atoms with E-state index >= 15 is 0 Å². The topological polar surface area (TPSA) is 38.7 Å². The van der Waals surface area contributed by atoms with Gasteiger partial charge >= 0.3 is 0 Å². The van der Waals surface area contributed by atoms with Crippen LogP contribution in [0.3, 0.4) is 0 Å². The fourth-order valence-corrected chi connectivity index (χ4v) is 1.39. The second kappa shape index (κ2) is 5.00. The van der Waals surface area contributed by atoms with Gasteiger partial charge in [-0.2, -0.15) is 0 Å². The minimum Gasteiger partial charge on any atom is -0.381 e. The van der Waals surface area contributed by atoms with Crippen molar-refractivity contribution >= 4 is 0 Å². The fourth-order valence-electron chi connectivity index (χ4n) is 1.39. The number of ether oxygens (including phenoxy) is 2. The predicted octanol–water partition coefficient (Wildman–Crippen LogP) is 1.55. The molecule has 1 atom stereocenters. The Hall–Kier alpha value is -0.260. The third-order valence-corrected chi connectivity index (χ3v) is 2.05. The molecule has 1 fully saturated rings. The number of halogens is 2. The molecule has 14 heavy (non-hydrogen) atoms. The van der Waals surface area contributed by atoms with Gasteiger partial charge < -0.3 is 14.6 Å². The molecule has 0 spiro atoms. The highest BCUT2D eigenvalue weighted by Gasteiger charge is 2.28. The maximum Gasteiger partial charge on any atom is 0.250 e. The highest BCUT2D eigenvalue weighted by Crippen LogP contribution is 2.21. The van der Waals surface area contributed by atoms with Crippen LogP contribution in [0.25, 0.3) is 0 Å². The van der Waals surface area contributed by atoms with Crippen LogP contribution >= 0.6 is 0 Å². The van der Waals surface area contributed by atoms with Crippen molar-refractivity contribution in [2.24, 2.45) is 0 Å². The second-order valence-electron chi connectivity index (χ2n) is 3.68. The van der Waals surface area contributed by atoms with Gasteiger partial charge in [0.25, 0.3) is 0 Å². The zero-order chi connectivity index (χ0) is 10.6. The van der Waals surface area contributed by atoms with E-state index in [1.807, 2.05) is 0 Å². The van der Waals surface area contributed by atoms with E-state index in [0.29, 0.717) is 26.1 Å². The van der Waals surface area contributed by atoms with Crippen LogP contribution in [0.4, 0.5) is 8.78 Å². The lowest BCUT2D eigenvalue weighted by Gasteiger charge is -2.26. The smallest absolute Gasteiger partial charge is 0.250 e. The largest absolute Gasteiger partial charge is 0.381 e. The Kier molecular flexibility index (Phi) is 4.22. The number of rotatable bonds is 4. The molecule has 1 saturated heterocycles. The van der Waals surface area contributed by atoms with Crippen LogP contribution in [-0.4, -0.2) is 36.6 Å². The van der Waals surface area contributed by atoms with Crippen LogP contribution in [0.5, 0.6) is 0 Å². The van der Waals surface area contributed by atoms with E-state index in [9.17, 15) is 13.9 Å². The van der Waals surface area contributed by atoms with E-state index in [1.54, 1.807) is 0 Å².